The van der Waals surface area contributed by atoms with Crippen LogP contribution in [0.1, 0.15) is 11.1 Å². The third-order valence-electron chi connectivity index (χ3n) is 3.05. The highest BCUT2D eigenvalue weighted by molar-refractivity contribution is 8.00. The van der Waals surface area contributed by atoms with Crippen molar-refractivity contribution < 1.29 is 9.90 Å². The smallest absolute Gasteiger partial charge is 0.318 e. The third-order valence-corrected chi connectivity index (χ3v) is 4.22. The summed E-state index contributed by atoms with van der Waals surface area (Å²) in [7, 11) is 0. The summed E-state index contributed by atoms with van der Waals surface area (Å²) in [4.78, 5) is 13.2. The maximum atomic E-state index is 11.0. The fraction of sp³-hybridized carbons (Fsp3) is 0.462. The highest BCUT2D eigenvalue weighted by Crippen LogP contribution is 2.27. The van der Waals surface area contributed by atoms with Gasteiger partial charge in [0.15, 0.2) is 0 Å². The second kappa shape index (κ2) is 5.00. The van der Waals surface area contributed by atoms with E-state index < -0.39 is 5.97 Å². The van der Waals surface area contributed by atoms with Crippen molar-refractivity contribution in [2.75, 3.05) is 23.7 Å². The van der Waals surface area contributed by atoms with Crippen molar-refractivity contribution >= 4 is 23.4 Å². The Labute approximate surface area is 106 Å². The molecule has 0 spiro atoms. The molecule has 1 fully saturated rings. The van der Waals surface area contributed by atoms with E-state index in [2.05, 4.69) is 36.9 Å². The highest BCUT2D eigenvalue weighted by atomic mass is 32.2. The quantitative estimate of drug-likeness (QED) is 0.875. The number of carboxylic acids is 1. The summed E-state index contributed by atoms with van der Waals surface area (Å²) in [6.07, 6.45) is 0. The zero-order valence-corrected chi connectivity index (χ0v) is 11.0. The molecule has 1 aliphatic heterocycles. The summed E-state index contributed by atoms with van der Waals surface area (Å²) in [5, 5.41) is 8.78. The van der Waals surface area contributed by atoms with Crippen LogP contribution in [0.15, 0.2) is 18.2 Å². The van der Waals surface area contributed by atoms with Gasteiger partial charge in [-0.25, -0.2) is 0 Å². The number of nitrogens with zero attached hydrogens (tertiary/aromatic N) is 1. The van der Waals surface area contributed by atoms with Gasteiger partial charge in [0.25, 0.3) is 0 Å². The van der Waals surface area contributed by atoms with Gasteiger partial charge >= 0.3 is 5.97 Å². The third kappa shape index (κ3) is 2.75. The Morgan fingerprint density at radius 1 is 1.47 bits per heavy atom. The summed E-state index contributed by atoms with van der Waals surface area (Å²) >= 11 is 1.54. The van der Waals surface area contributed by atoms with Gasteiger partial charge in [-0.1, -0.05) is 12.1 Å². The average molecular weight is 251 g/mol. The van der Waals surface area contributed by atoms with Gasteiger partial charge in [-0.3, -0.25) is 4.79 Å². The average Bonchev–Trinajstić information content (AvgIpc) is 2.32. The minimum Gasteiger partial charge on any atom is -0.480 e. The van der Waals surface area contributed by atoms with E-state index >= 15 is 0 Å². The Bertz CT molecular complexity index is 433. The molecule has 1 aromatic rings. The second-order valence-corrected chi connectivity index (χ2v) is 5.74. The lowest BCUT2D eigenvalue weighted by molar-refractivity contribution is -0.136. The van der Waals surface area contributed by atoms with Gasteiger partial charge in [0, 0.05) is 24.5 Å². The van der Waals surface area contributed by atoms with Crippen LogP contribution in [-0.4, -0.2) is 35.2 Å². The SMILES string of the molecule is Cc1ccc(C)c(N2CCSC(C(=O)O)C2)c1. The van der Waals surface area contributed by atoms with E-state index in [9.17, 15) is 4.79 Å². The van der Waals surface area contributed by atoms with E-state index in [1.807, 2.05) is 0 Å². The van der Waals surface area contributed by atoms with Crippen LogP contribution >= 0.6 is 11.8 Å². The number of carbonyl (C=O) groups is 1. The van der Waals surface area contributed by atoms with Gasteiger partial charge in [0.2, 0.25) is 0 Å². The Kier molecular flexibility index (Phi) is 3.62. The normalized spacial score (nSPS) is 20.4. The summed E-state index contributed by atoms with van der Waals surface area (Å²) in [5.41, 5.74) is 3.61. The molecule has 92 valence electrons. The van der Waals surface area contributed by atoms with E-state index in [1.165, 1.54) is 28.6 Å². The minimum absolute atomic E-state index is 0.302. The summed E-state index contributed by atoms with van der Waals surface area (Å²) < 4.78 is 0. The molecule has 1 aromatic carbocycles. The monoisotopic (exact) mass is 251 g/mol. The first-order chi connectivity index (χ1) is 8.08. The summed E-state index contributed by atoms with van der Waals surface area (Å²) in [5.74, 6) is 0.176. The van der Waals surface area contributed by atoms with Crippen LogP contribution in [0.5, 0.6) is 0 Å². The van der Waals surface area contributed by atoms with Gasteiger partial charge in [0.1, 0.15) is 5.25 Å². The first-order valence-corrected chi connectivity index (χ1v) is 6.79. The van der Waals surface area contributed by atoms with Crippen LogP contribution in [0.2, 0.25) is 0 Å². The highest BCUT2D eigenvalue weighted by Gasteiger charge is 2.26. The van der Waals surface area contributed by atoms with Crippen LogP contribution in [0.25, 0.3) is 0 Å². The topological polar surface area (TPSA) is 40.5 Å². The standard InChI is InChI=1S/C13H17NO2S/c1-9-3-4-10(2)11(7-9)14-5-6-17-12(8-14)13(15)16/h3-4,7,12H,5-6,8H2,1-2H3,(H,15,16). The number of aliphatic carboxylic acids is 1. The lowest BCUT2D eigenvalue weighted by Crippen LogP contribution is -2.41. The number of benzene rings is 1. The number of hydrogen-bond acceptors (Lipinski definition) is 3. The predicted molar refractivity (Wildman–Crippen MR) is 72.0 cm³/mol. The molecule has 1 saturated heterocycles. The maximum absolute atomic E-state index is 11.0. The van der Waals surface area contributed by atoms with Crippen LogP contribution < -0.4 is 4.90 Å². The van der Waals surface area contributed by atoms with Crippen LogP contribution in [0.4, 0.5) is 5.69 Å². The van der Waals surface area contributed by atoms with Crippen molar-refractivity contribution in [1.82, 2.24) is 0 Å². The van der Waals surface area contributed by atoms with E-state index in [0.29, 0.717) is 6.54 Å². The van der Waals surface area contributed by atoms with E-state index in [4.69, 9.17) is 5.11 Å². The molecule has 0 saturated carbocycles. The van der Waals surface area contributed by atoms with E-state index in [-0.39, 0.29) is 5.25 Å². The van der Waals surface area contributed by atoms with E-state index in [1.54, 1.807) is 0 Å². The Morgan fingerprint density at radius 3 is 2.94 bits per heavy atom. The van der Waals surface area contributed by atoms with Crippen molar-refractivity contribution in [3.63, 3.8) is 0 Å². The molecule has 0 aliphatic carbocycles. The molecule has 4 heteroatoms. The summed E-state index contributed by atoms with van der Waals surface area (Å²) in [6, 6.07) is 6.33. The molecule has 17 heavy (non-hydrogen) atoms. The van der Waals surface area contributed by atoms with Crippen LogP contribution in [-0.2, 0) is 4.79 Å². The Balaban J connectivity index is 2.21. The molecular formula is C13H17NO2S. The number of carboxylic acid groups (broad SMARTS) is 1. The van der Waals surface area contributed by atoms with Gasteiger partial charge in [-0.2, -0.15) is 0 Å². The molecule has 0 aromatic heterocycles. The number of rotatable bonds is 2. The van der Waals surface area contributed by atoms with Crippen LogP contribution in [0, 0.1) is 13.8 Å². The maximum Gasteiger partial charge on any atom is 0.318 e. The number of aryl methyl sites for hydroxylation is 2. The predicted octanol–water partition coefficient (Wildman–Crippen LogP) is 2.31. The molecule has 1 heterocycles. The largest absolute Gasteiger partial charge is 0.480 e. The molecule has 1 N–H and O–H groups in total. The van der Waals surface area contributed by atoms with E-state index in [0.717, 1.165) is 12.3 Å². The number of hydrogen-bond donors (Lipinski definition) is 1. The van der Waals surface area contributed by atoms with Gasteiger partial charge in [0.05, 0.1) is 0 Å². The van der Waals surface area contributed by atoms with Crippen molar-refractivity contribution in [1.29, 1.82) is 0 Å². The van der Waals surface area contributed by atoms with Gasteiger partial charge in [-0.15, -0.1) is 11.8 Å². The molecule has 2 rings (SSSR count). The summed E-state index contributed by atoms with van der Waals surface area (Å²) in [6.45, 7) is 5.67. The minimum atomic E-state index is -0.704. The van der Waals surface area contributed by atoms with Crippen molar-refractivity contribution in [3.8, 4) is 0 Å². The van der Waals surface area contributed by atoms with Gasteiger partial charge < -0.3 is 10.0 Å². The van der Waals surface area contributed by atoms with Crippen molar-refractivity contribution in [3.05, 3.63) is 29.3 Å². The fourth-order valence-corrected chi connectivity index (χ4v) is 3.12. The molecule has 0 bridgehead atoms. The molecule has 3 nitrogen and oxygen atoms in total. The first-order valence-electron chi connectivity index (χ1n) is 5.74. The second-order valence-electron chi connectivity index (χ2n) is 4.43. The zero-order valence-electron chi connectivity index (χ0n) is 10.1. The number of anilines is 1. The zero-order chi connectivity index (χ0) is 12.4. The van der Waals surface area contributed by atoms with Crippen molar-refractivity contribution in [2.24, 2.45) is 0 Å². The lowest BCUT2D eigenvalue weighted by Gasteiger charge is -2.33. The van der Waals surface area contributed by atoms with Crippen molar-refractivity contribution in [2.45, 2.75) is 19.1 Å². The van der Waals surface area contributed by atoms with Gasteiger partial charge in [-0.05, 0) is 31.0 Å². The molecular weight excluding hydrogens is 234 g/mol. The van der Waals surface area contributed by atoms with Crippen LogP contribution in [0.3, 0.4) is 0 Å². The molecule has 1 atom stereocenters. The molecule has 1 unspecified atom stereocenters. The first kappa shape index (κ1) is 12.3. The Hall–Kier alpha value is -1.16. The number of thioether (sulfide) groups is 1. The lowest BCUT2D eigenvalue weighted by atomic mass is 10.1. The fourth-order valence-electron chi connectivity index (χ4n) is 2.08. The Morgan fingerprint density at radius 2 is 2.24 bits per heavy atom. The molecule has 0 radical (unpaired) electrons. The molecule has 0 amide bonds. The molecule has 1 aliphatic rings.